The molecule has 2 aromatic rings. The molecule has 24 heavy (non-hydrogen) atoms. The molecule has 2 unspecified atom stereocenters. The smallest absolute Gasteiger partial charge is 0.391 e. The Bertz CT molecular complexity index is 655. The number of halogens is 3. The Hall–Kier alpha value is -1.85. The third-order valence-corrected chi connectivity index (χ3v) is 4.58. The van der Waals surface area contributed by atoms with Gasteiger partial charge in [-0.1, -0.05) is 42.5 Å². The van der Waals surface area contributed by atoms with E-state index in [9.17, 15) is 18.3 Å². The van der Waals surface area contributed by atoms with Gasteiger partial charge in [0.15, 0.2) is 0 Å². The molecule has 0 spiro atoms. The molecule has 1 fully saturated rings. The van der Waals surface area contributed by atoms with E-state index in [4.69, 9.17) is 0 Å². The van der Waals surface area contributed by atoms with Gasteiger partial charge in [-0.2, -0.15) is 13.2 Å². The minimum absolute atomic E-state index is 0.112. The first-order chi connectivity index (χ1) is 11.4. The Morgan fingerprint density at radius 2 is 1.67 bits per heavy atom. The van der Waals surface area contributed by atoms with Crippen molar-refractivity contribution in [2.45, 2.75) is 31.2 Å². The van der Waals surface area contributed by atoms with Gasteiger partial charge in [0.05, 0.1) is 11.7 Å². The molecule has 0 amide bonds. The van der Waals surface area contributed by atoms with Crippen LogP contribution in [0.4, 0.5) is 13.2 Å². The molecule has 2 aromatic carbocycles. The predicted molar refractivity (Wildman–Crippen MR) is 86.5 cm³/mol. The van der Waals surface area contributed by atoms with E-state index in [1.807, 2.05) is 30.3 Å². The first kappa shape index (κ1) is 17.0. The number of hydrogen-bond acceptors (Lipinski definition) is 2. The Balaban J connectivity index is 1.63. The van der Waals surface area contributed by atoms with Crippen LogP contribution in [0.3, 0.4) is 0 Å². The van der Waals surface area contributed by atoms with Gasteiger partial charge >= 0.3 is 6.18 Å². The average Bonchev–Trinajstić information content (AvgIpc) is 2.55. The molecular weight excluding hydrogens is 315 g/mol. The lowest BCUT2D eigenvalue weighted by atomic mass is 9.86. The molecule has 3 rings (SSSR count). The second-order valence-corrected chi connectivity index (χ2v) is 6.30. The number of piperidine rings is 1. The highest BCUT2D eigenvalue weighted by Gasteiger charge is 2.32. The van der Waals surface area contributed by atoms with Gasteiger partial charge < -0.3 is 5.11 Å². The summed E-state index contributed by atoms with van der Waals surface area (Å²) >= 11 is 0. The van der Waals surface area contributed by atoms with Gasteiger partial charge in [0.1, 0.15) is 0 Å². The summed E-state index contributed by atoms with van der Waals surface area (Å²) in [6.45, 7) is 2.12. The molecule has 0 aliphatic carbocycles. The van der Waals surface area contributed by atoms with Crippen LogP contribution in [0, 0.1) is 0 Å². The SMILES string of the molecule is OC1CN(Cc2ccccc2)CCC1c1ccc(C(F)(F)F)cc1. The normalized spacial score (nSPS) is 22.5. The molecule has 1 aliphatic rings. The summed E-state index contributed by atoms with van der Waals surface area (Å²) in [7, 11) is 0. The summed E-state index contributed by atoms with van der Waals surface area (Å²) < 4.78 is 37.9. The molecule has 0 aromatic heterocycles. The van der Waals surface area contributed by atoms with E-state index in [0.717, 1.165) is 37.2 Å². The van der Waals surface area contributed by atoms with E-state index >= 15 is 0 Å². The van der Waals surface area contributed by atoms with Crippen molar-refractivity contribution >= 4 is 0 Å². The average molecular weight is 335 g/mol. The van der Waals surface area contributed by atoms with Crippen molar-refractivity contribution in [3.8, 4) is 0 Å². The van der Waals surface area contributed by atoms with Crippen molar-refractivity contribution in [2.75, 3.05) is 13.1 Å². The van der Waals surface area contributed by atoms with Gasteiger partial charge in [-0.05, 0) is 36.2 Å². The molecule has 0 radical (unpaired) electrons. The van der Waals surface area contributed by atoms with E-state index in [0.29, 0.717) is 6.54 Å². The summed E-state index contributed by atoms with van der Waals surface area (Å²) in [5.74, 6) is -0.112. The number of nitrogens with zero attached hydrogens (tertiary/aromatic N) is 1. The molecule has 128 valence electrons. The molecule has 1 saturated heterocycles. The van der Waals surface area contributed by atoms with Crippen LogP contribution in [0.15, 0.2) is 54.6 Å². The van der Waals surface area contributed by atoms with Crippen molar-refractivity contribution < 1.29 is 18.3 Å². The van der Waals surface area contributed by atoms with Crippen molar-refractivity contribution in [3.05, 3.63) is 71.3 Å². The summed E-state index contributed by atoms with van der Waals surface area (Å²) in [5.41, 5.74) is 1.31. The van der Waals surface area contributed by atoms with Gasteiger partial charge in [0.2, 0.25) is 0 Å². The second-order valence-electron chi connectivity index (χ2n) is 6.30. The third-order valence-electron chi connectivity index (χ3n) is 4.58. The van der Waals surface area contributed by atoms with Gasteiger partial charge in [0.25, 0.3) is 0 Å². The van der Waals surface area contributed by atoms with Crippen LogP contribution in [0.1, 0.15) is 29.0 Å². The zero-order valence-electron chi connectivity index (χ0n) is 13.2. The fourth-order valence-electron chi connectivity index (χ4n) is 3.29. The topological polar surface area (TPSA) is 23.5 Å². The van der Waals surface area contributed by atoms with E-state index in [2.05, 4.69) is 4.90 Å². The molecule has 1 N–H and O–H groups in total. The zero-order chi connectivity index (χ0) is 17.2. The minimum atomic E-state index is -4.32. The lowest BCUT2D eigenvalue weighted by molar-refractivity contribution is -0.137. The zero-order valence-corrected chi connectivity index (χ0v) is 13.2. The maximum atomic E-state index is 12.6. The lowest BCUT2D eigenvalue weighted by Gasteiger charge is -2.36. The Morgan fingerprint density at radius 3 is 2.25 bits per heavy atom. The van der Waals surface area contributed by atoms with E-state index in [-0.39, 0.29) is 5.92 Å². The van der Waals surface area contributed by atoms with Crippen LogP contribution in [0.25, 0.3) is 0 Å². The number of aliphatic hydroxyl groups excluding tert-OH is 1. The molecule has 1 heterocycles. The van der Waals surface area contributed by atoms with Crippen LogP contribution >= 0.6 is 0 Å². The number of hydrogen-bond donors (Lipinski definition) is 1. The number of benzene rings is 2. The maximum absolute atomic E-state index is 12.6. The number of alkyl halides is 3. The summed E-state index contributed by atoms with van der Waals surface area (Å²) in [4.78, 5) is 2.18. The number of β-amino-alcohol motifs (C(OH)–C–C–N with tert-alkyl or cyclic N) is 1. The highest BCUT2D eigenvalue weighted by molar-refractivity contribution is 5.28. The maximum Gasteiger partial charge on any atom is 0.416 e. The number of likely N-dealkylation sites (tertiary alicyclic amines) is 1. The lowest BCUT2D eigenvalue weighted by Crippen LogP contribution is -2.42. The fourth-order valence-corrected chi connectivity index (χ4v) is 3.29. The van der Waals surface area contributed by atoms with Crippen LogP contribution in [-0.2, 0) is 12.7 Å². The van der Waals surface area contributed by atoms with Crippen LogP contribution in [-0.4, -0.2) is 29.2 Å². The Morgan fingerprint density at radius 1 is 1.00 bits per heavy atom. The standard InChI is InChI=1S/C19H20F3NO/c20-19(21,22)16-8-6-15(7-9-16)17-10-11-23(13-18(17)24)12-14-4-2-1-3-5-14/h1-9,17-18,24H,10-13H2. The molecule has 2 atom stereocenters. The highest BCUT2D eigenvalue weighted by atomic mass is 19.4. The van der Waals surface area contributed by atoms with Gasteiger partial charge in [0, 0.05) is 19.0 Å². The van der Waals surface area contributed by atoms with Gasteiger partial charge in [-0.15, -0.1) is 0 Å². The molecule has 0 saturated carbocycles. The highest BCUT2D eigenvalue weighted by Crippen LogP contribution is 2.33. The Kier molecular flexibility index (Phi) is 4.92. The monoisotopic (exact) mass is 335 g/mol. The molecule has 5 heteroatoms. The van der Waals surface area contributed by atoms with Crippen molar-refractivity contribution in [1.29, 1.82) is 0 Å². The number of aliphatic hydroxyl groups is 1. The molecular formula is C19H20F3NO. The van der Waals surface area contributed by atoms with E-state index in [1.165, 1.54) is 17.7 Å². The Labute approximate surface area is 139 Å². The largest absolute Gasteiger partial charge is 0.416 e. The fraction of sp³-hybridized carbons (Fsp3) is 0.368. The van der Waals surface area contributed by atoms with Gasteiger partial charge in [-0.25, -0.2) is 0 Å². The minimum Gasteiger partial charge on any atom is -0.391 e. The predicted octanol–water partition coefficient (Wildman–Crippen LogP) is 4.06. The van der Waals surface area contributed by atoms with Crippen LogP contribution < -0.4 is 0 Å². The van der Waals surface area contributed by atoms with Crippen LogP contribution in [0.2, 0.25) is 0 Å². The van der Waals surface area contributed by atoms with Crippen LogP contribution in [0.5, 0.6) is 0 Å². The van der Waals surface area contributed by atoms with E-state index in [1.54, 1.807) is 0 Å². The summed E-state index contributed by atoms with van der Waals surface area (Å²) in [6, 6.07) is 15.2. The van der Waals surface area contributed by atoms with Crippen molar-refractivity contribution in [1.82, 2.24) is 4.90 Å². The summed E-state index contributed by atoms with van der Waals surface area (Å²) in [6.07, 6.45) is -4.16. The molecule has 2 nitrogen and oxygen atoms in total. The van der Waals surface area contributed by atoms with Crippen molar-refractivity contribution in [2.24, 2.45) is 0 Å². The third kappa shape index (κ3) is 3.97. The van der Waals surface area contributed by atoms with Crippen molar-refractivity contribution in [3.63, 3.8) is 0 Å². The van der Waals surface area contributed by atoms with Gasteiger partial charge in [-0.3, -0.25) is 4.90 Å². The first-order valence-corrected chi connectivity index (χ1v) is 8.05. The molecule has 0 bridgehead atoms. The first-order valence-electron chi connectivity index (χ1n) is 8.05. The quantitative estimate of drug-likeness (QED) is 0.914. The molecule has 1 aliphatic heterocycles. The van der Waals surface area contributed by atoms with E-state index < -0.39 is 17.8 Å². The summed E-state index contributed by atoms with van der Waals surface area (Å²) in [5, 5.41) is 10.4. The number of rotatable bonds is 3. The second kappa shape index (κ2) is 6.95.